The molecule has 298 valence electrons. The van der Waals surface area contributed by atoms with E-state index in [1.165, 1.54) is 19.6 Å². The summed E-state index contributed by atoms with van der Waals surface area (Å²) in [6.07, 6.45) is 11.7. The zero-order valence-electron chi connectivity index (χ0n) is 32.3. The number of hydrogen-bond acceptors (Lipinski definition) is 12. The van der Waals surface area contributed by atoms with E-state index in [1.54, 1.807) is 19.2 Å². The van der Waals surface area contributed by atoms with Crippen LogP contribution in [-0.4, -0.2) is 120 Å². The van der Waals surface area contributed by atoms with Crippen LogP contribution >= 0.6 is 0 Å². The molecule has 0 bridgehead atoms. The van der Waals surface area contributed by atoms with E-state index in [4.69, 9.17) is 23.7 Å². The van der Waals surface area contributed by atoms with Crippen molar-refractivity contribution in [3.05, 3.63) is 23.8 Å². The van der Waals surface area contributed by atoms with Crippen LogP contribution in [0.1, 0.15) is 115 Å². The average molecular weight is 750 g/mol. The van der Waals surface area contributed by atoms with E-state index in [0.29, 0.717) is 38.1 Å². The summed E-state index contributed by atoms with van der Waals surface area (Å²) < 4.78 is 59.9. The average Bonchev–Trinajstić information content (AvgIpc) is 3.09. The van der Waals surface area contributed by atoms with E-state index >= 15 is 0 Å². The van der Waals surface area contributed by atoms with Crippen LogP contribution in [0.3, 0.4) is 0 Å². The van der Waals surface area contributed by atoms with Crippen LogP contribution in [0.25, 0.3) is 0 Å². The second kappa shape index (κ2) is 31.9. The number of phenols is 1. The maximum atomic E-state index is 11.9. The van der Waals surface area contributed by atoms with Crippen LogP contribution in [0, 0.1) is 0 Å². The SMILES string of the molecule is CCCCCCCCOC(=O)CC(C(=O)OCCCCCCCC)S(=O)(=O)[O-].CC[N+](C)(C)CCOCCOC.COc1cccc(C=O)c1O. The molecule has 0 amide bonds. The second-order valence-corrected chi connectivity index (χ2v) is 14.3. The normalized spacial score (nSPS) is 11.7. The third-order valence-electron chi connectivity index (χ3n) is 7.97. The van der Waals surface area contributed by atoms with Gasteiger partial charge in [-0.1, -0.05) is 84.1 Å². The van der Waals surface area contributed by atoms with Crippen molar-refractivity contribution in [2.75, 3.05) is 74.4 Å². The summed E-state index contributed by atoms with van der Waals surface area (Å²) >= 11 is 0. The lowest BCUT2D eigenvalue weighted by Gasteiger charge is -2.27. The van der Waals surface area contributed by atoms with Crippen LogP contribution in [0.15, 0.2) is 18.2 Å². The Kier molecular flexibility index (Phi) is 31.5. The Morgan fingerprint density at radius 3 is 1.86 bits per heavy atom. The Hall–Kier alpha value is -2.78. The molecule has 14 heteroatoms. The van der Waals surface area contributed by atoms with Gasteiger partial charge in [-0.2, -0.15) is 0 Å². The van der Waals surface area contributed by atoms with E-state index in [0.717, 1.165) is 82.0 Å². The summed E-state index contributed by atoms with van der Waals surface area (Å²) in [5.74, 6) is -1.82. The summed E-state index contributed by atoms with van der Waals surface area (Å²) in [5.41, 5.74) is 0.240. The van der Waals surface area contributed by atoms with Gasteiger partial charge in [0.05, 0.1) is 72.8 Å². The maximum absolute atomic E-state index is 11.9. The van der Waals surface area contributed by atoms with Crippen molar-refractivity contribution in [3.8, 4) is 11.5 Å². The number of unbranched alkanes of at least 4 members (excludes halogenated alkanes) is 10. The molecule has 0 saturated carbocycles. The van der Waals surface area contributed by atoms with Crippen LogP contribution in [0.4, 0.5) is 0 Å². The Morgan fingerprint density at radius 2 is 1.37 bits per heavy atom. The highest BCUT2D eigenvalue weighted by atomic mass is 32.2. The van der Waals surface area contributed by atoms with Crippen molar-refractivity contribution >= 4 is 28.3 Å². The maximum Gasteiger partial charge on any atom is 0.323 e. The Bertz CT molecular complexity index is 1140. The first-order chi connectivity index (χ1) is 24.2. The highest BCUT2D eigenvalue weighted by Gasteiger charge is 2.30. The summed E-state index contributed by atoms with van der Waals surface area (Å²) in [4.78, 5) is 34.0. The van der Waals surface area contributed by atoms with Gasteiger partial charge in [-0.05, 0) is 31.9 Å². The second-order valence-electron chi connectivity index (χ2n) is 12.7. The molecule has 1 rings (SSSR count). The highest BCUT2D eigenvalue weighted by molar-refractivity contribution is 7.87. The Balaban J connectivity index is 0. The Morgan fingerprint density at radius 1 is 0.824 bits per heavy atom. The fraction of sp³-hybridized carbons (Fsp3) is 0.757. The largest absolute Gasteiger partial charge is 0.747 e. The van der Waals surface area contributed by atoms with E-state index in [9.17, 15) is 32.5 Å². The number of carbonyl (C=O) groups is 3. The number of ether oxygens (including phenoxy) is 5. The van der Waals surface area contributed by atoms with Gasteiger partial charge in [0.25, 0.3) is 0 Å². The smallest absolute Gasteiger partial charge is 0.323 e. The van der Waals surface area contributed by atoms with E-state index in [-0.39, 0.29) is 24.5 Å². The van der Waals surface area contributed by atoms with Crippen molar-refractivity contribution in [2.45, 2.75) is 109 Å². The molecule has 0 saturated heterocycles. The molecule has 1 aromatic rings. The summed E-state index contributed by atoms with van der Waals surface area (Å²) in [6, 6.07) is 4.75. The first-order valence-electron chi connectivity index (χ1n) is 18.2. The van der Waals surface area contributed by atoms with E-state index in [2.05, 4.69) is 34.9 Å². The third-order valence-corrected chi connectivity index (χ3v) is 9.03. The van der Waals surface area contributed by atoms with Gasteiger partial charge >= 0.3 is 11.9 Å². The monoisotopic (exact) mass is 749 g/mol. The van der Waals surface area contributed by atoms with Crippen LogP contribution < -0.4 is 4.74 Å². The zero-order chi connectivity index (χ0) is 39.0. The number of benzene rings is 1. The molecule has 13 nitrogen and oxygen atoms in total. The molecule has 0 spiro atoms. The Labute approximate surface area is 307 Å². The van der Waals surface area contributed by atoms with Crippen molar-refractivity contribution in [2.24, 2.45) is 0 Å². The van der Waals surface area contributed by atoms with Crippen LogP contribution in [0.5, 0.6) is 11.5 Å². The number of hydrogen-bond donors (Lipinski definition) is 1. The minimum absolute atomic E-state index is 0.0454. The lowest BCUT2D eigenvalue weighted by molar-refractivity contribution is -0.888. The molecule has 0 radical (unpaired) electrons. The molecule has 51 heavy (non-hydrogen) atoms. The first-order valence-corrected chi connectivity index (χ1v) is 19.7. The zero-order valence-corrected chi connectivity index (χ0v) is 33.1. The molecule has 1 atom stereocenters. The number of likely N-dealkylation sites (N-methyl/N-ethyl adjacent to an activating group) is 1. The van der Waals surface area contributed by atoms with Gasteiger partial charge in [-0.3, -0.25) is 14.4 Å². The highest BCUT2D eigenvalue weighted by Crippen LogP contribution is 2.27. The number of esters is 2. The predicted molar refractivity (Wildman–Crippen MR) is 197 cm³/mol. The van der Waals surface area contributed by atoms with Crippen molar-refractivity contribution in [3.63, 3.8) is 0 Å². The van der Waals surface area contributed by atoms with Gasteiger partial charge < -0.3 is 37.8 Å². The summed E-state index contributed by atoms with van der Waals surface area (Å²) in [5, 5.41) is 7.20. The topological polar surface area (TPSA) is 175 Å². The van der Waals surface area contributed by atoms with Crippen molar-refractivity contribution in [1.82, 2.24) is 0 Å². The number of rotatable bonds is 27. The lowest BCUT2D eigenvalue weighted by Crippen LogP contribution is -2.42. The van der Waals surface area contributed by atoms with Crippen molar-refractivity contribution < 1.29 is 60.6 Å². The number of quaternary nitrogens is 1. The number of nitrogens with zero attached hydrogens (tertiary/aromatic N) is 1. The molecule has 0 fully saturated rings. The molecule has 1 N–H and O–H groups in total. The van der Waals surface area contributed by atoms with Crippen LogP contribution in [0.2, 0.25) is 0 Å². The molecule has 0 aliphatic carbocycles. The minimum Gasteiger partial charge on any atom is -0.747 e. The van der Waals surface area contributed by atoms with Gasteiger partial charge in [0.1, 0.15) is 16.7 Å². The predicted octanol–water partition coefficient (Wildman–Crippen LogP) is 6.06. The van der Waals surface area contributed by atoms with Gasteiger partial charge in [0, 0.05) is 7.11 Å². The molecule has 1 aromatic carbocycles. The quantitative estimate of drug-likeness (QED) is 0.0363. The molecular formula is C37H67NO12S. The molecular weight excluding hydrogens is 682 g/mol. The number of carbonyl (C=O) groups excluding carboxylic acids is 3. The number of para-hydroxylation sites is 1. The summed E-state index contributed by atoms with van der Waals surface area (Å²) in [7, 11) is 2.56. The first kappa shape index (κ1) is 50.3. The van der Waals surface area contributed by atoms with Gasteiger partial charge in [0.2, 0.25) is 0 Å². The number of methoxy groups -OCH3 is 2. The van der Waals surface area contributed by atoms with E-state index < -0.39 is 33.7 Å². The lowest BCUT2D eigenvalue weighted by atomic mass is 10.1. The molecule has 1 unspecified atom stereocenters. The summed E-state index contributed by atoms with van der Waals surface area (Å²) in [6.45, 7) is 11.1. The van der Waals surface area contributed by atoms with Gasteiger partial charge in [-0.15, -0.1) is 0 Å². The standard InChI is InChI=1S/C20H38O7S.C9H22NO2.C8H8O3/c1-3-5-7-9-11-13-15-26-19(21)17-18(28(23,24)25)20(22)27-16-14-12-10-8-6-4-2;1-5-10(2,3)6-7-12-9-8-11-4;1-11-7-4-2-3-6(5-9)8(7)10/h18H,3-17H2,1-2H3,(H,23,24,25);5-9H2,1-4H3;2-5,10H,1H3/q;+1;/p-1. The molecule has 0 aromatic heterocycles. The fourth-order valence-corrected chi connectivity index (χ4v) is 4.89. The van der Waals surface area contributed by atoms with E-state index in [1.807, 2.05) is 0 Å². The third kappa shape index (κ3) is 28.5. The number of aldehydes is 1. The fourth-order valence-electron chi connectivity index (χ4n) is 4.24. The molecule has 0 heterocycles. The number of aromatic hydroxyl groups is 1. The molecule has 0 aliphatic rings. The van der Waals surface area contributed by atoms with Crippen LogP contribution in [-0.2, 0) is 38.7 Å². The molecule has 0 aliphatic heterocycles. The number of phenolic OH excluding ortho intramolecular Hbond substituents is 1. The van der Waals surface area contributed by atoms with Crippen molar-refractivity contribution in [1.29, 1.82) is 0 Å². The van der Waals surface area contributed by atoms with Gasteiger partial charge in [-0.25, -0.2) is 8.42 Å². The minimum atomic E-state index is -4.98. The van der Waals surface area contributed by atoms with Gasteiger partial charge in [0.15, 0.2) is 23.0 Å².